The molecule has 2 atom stereocenters. The molecule has 0 radical (unpaired) electrons. The Labute approximate surface area is 70.5 Å². The van der Waals surface area contributed by atoms with E-state index >= 15 is 0 Å². The van der Waals surface area contributed by atoms with Crippen LogP contribution in [0.25, 0.3) is 0 Å². The van der Waals surface area contributed by atoms with E-state index in [1.165, 1.54) is 0 Å². The molecule has 0 amide bonds. The van der Waals surface area contributed by atoms with Gasteiger partial charge in [0, 0.05) is 13.2 Å². The number of rotatable bonds is 5. The van der Waals surface area contributed by atoms with Crippen LogP contribution in [0.1, 0.15) is 27.2 Å². The van der Waals surface area contributed by atoms with Crippen molar-refractivity contribution < 1.29 is 4.74 Å². The van der Waals surface area contributed by atoms with Gasteiger partial charge < -0.3 is 9.64 Å². The number of hydrogen-bond acceptors (Lipinski definition) is 2. The van der Waals surface area contributed by atoms with Crippen molar-refractivity contribution in [3.05, 3.63) is 0 Å². The Kier molecular flexibility index (Phi) is 5.51. The third-order valence-corrected chi connectivity index (χ3v) is 2.44. The first-order chi connectivity index (χ1) is 5.17. The summed E-state index contributed by atoms with van der Waals surface area (Å²) in [5.41, 5.74) is 0. The van der Waals surface area contributed by atoms with Gasteiger partial charge in [-0.1, -0.05) is 13.8 Å². The highest BCUT2D eigenvalue weighted by atomic mass is 16.5. The van der Waals surface area contributed by atoms with Crippen molar-refractivity contribution in [2.24, 2.45) is 0 Å². The van der Waals surface area contributed by atoms with Gasteiger partial charge in [-0.05, 0) is 26.9 Å². The SMILES string of the molecule is CC[C@@H](OC)C(C)N(C)CC. The van der Waals surface area contributed by atoms with Crippen LogP contribution in [0.5, 0.6) is 0 Å². The van der Waals surface area contributed by atoms with Crippen molar-refractivity contribution in [3.8, 4) is 0 Å². The molecule has 0 aromatic rings. The molecule has 0 aliphatic rings. The largest absolute Gasteiger partial charge is 0.380 e. The van der Waals surface area contributed by atoms with Crippen LogP contribution >= 0.6 is 0 Å². The van der Waals surface area contributed by atoms with Gasteiger partial charge in [-0.25, -0.2) is 0 Å². The molecule has 2 nitrogen and oxygen atoms in total. The van der Waals surface area contributed by atoms with Gasteiger partial charge in [-0.3, -0.25) is 0 Å². The summed E-state index contributed by atoms with van der Waals surface area (Å²) in [4.78, 5) is 2.30. The number of methoxy groups -OCH3 is 1. The molecule has 0 heterocycles. The molecule has 11 heavy (non-hydrogen) atoms. The summed E-state index contributed by atoms with van der Waals surface area (Å²) in [6, 6.07) is 0.523. The zero-order valence-electron chi connectivity index (χ0n) is 8.42. The lowest BCUT2D eigenvalue weighted by Crippen LogP contribution is -2.39. The highest BCUT2D eigenvalue weighted by molar-refractivity contribution is 4.71. The van der Waals surface area contributed by atoms with E-state index in [2.05, 4.69) is 32.7 Å². The van der Waals surface area contributed by atoms with Crippen molar-refractivity contribution >= 4 is 0 Å². The Balaban J connectivity index is 3.86. The van der Waals surface area contributed by atoms with Gasteiger partial charge in [-0.15, -0.1) is 0 Å². The molecule has 0 saturated carbocycles. The Morgan fingerprint density at radius 2 is 1.91 bits per heavy atom. The topological polar surface area (TPSA) is 12.5 Å². The van der Waals surface area contributed by atoms with Gasteiger partial charge in [-0.2, -0.15) is 0 Å². The Morgan fingerprint density at radius 1 is 1.36 bits per heavy atom. The van der Waals surface area contributed by atoms with Crippen molar-refractivity contribution in [1.82, 2.24) is 4.90 Å². The fourth-order valence-corrected chi connectivity index (χ4v) is 1.28. The second-order valence-electron chi connectivity index (χ2n) is 3.00. The molecule has 1 unspecified atom stereocenters. The van der Waals surface area contributed by atoms with E-state index in [1.54, 1.807) is 7.11 Å². The van der Waals surface area contributed by atoms with E-state index in [9.17, 15) is 0 Å². The highest BCUT2D eigenvalue weighted by Crippen LogP contribution is 2.07. The molecule has 0 bridgehead atoms. The van der Waals surface area contributed by atoms with Crippen LogP contribution in [0.2, 0.25) is 0 Å². The van der Waals surface area contributed by atoms with Crippen LogP contribution in [-0.4, -0.2) is 37.7 Å². The molecule has 0 aromatic heterocycles. The molecule has 0 aromatic carbocycles. The molecule has 2 heteroatoms. The standard InChI is InChI=1S/C9H21NO/c1-6-9(11-5)8(3)10(4)7-2/h8-9H,6-7H2,1-5H3/t8?,9-/m1/s1. The smallest absolute Gasteiger partial charge is 0.0721 e. The number of nitrogens with zero attached hydrogens (tertiary/aromatic N) is 1. The van der Waals surface area contributed by atoms with E-state index in [4.69, 9.17) is 4.74 Å². The predicted octanol–water partition coefficient (Wildman–Crippen LogP) is 1.75. The summed E-state index contributed by atoms with van der Waals surface area (Å²) in [6.45, 7) is 7.62. The Hall–Kier alpha value is -0.0800. The molecule has 0 spiro atoms. The van der Waals surface area contributed by atoms with Crippen molar-refractivity contribution in [1.29, 1.82) is 0 Å². The minimum absolute atomic E-state index is 0.375. The normalized spacial score (nSPS) is 16.9. The van der Waals surface area contributed by atoms with Crippen LogP contribution in [0.3, 0.4) is 0 Å². The highest BCUT2D eigenvalue weighted by Gasteiger charge is 2.17. The maximum Gasteiger partial charge on any atom is 0.0721 e. The van der Waals surface area contributed by atoms with E-state index in [-0.39, 0.29) is 0 Å². The van der Waals surface area contributed by atoms with E-state index in [1.807, 2.05) is 0 Å². The van der Waals surface area contributed by atoms with Crippen molar-refractivity contribution in [2.75, 3.05) is 20.7 Å². The summed E-state index contributed by atoms with van der Waals surface area (Å²) < 4.78 is 5.34. The molecule has 0 rings (SSSR count). The molecule has 0 N–H and O–H groups in total. The lowest BCUT2D eigenvalue weighted by molar-refractivity contribution is 0.0306. The second kappa shape index (κ2) is 5.56. The molecule has 0 fully saturated rings. The zero-order valence-corrected chi connectivity index (χ0v) is 8.42. The average molecular weight is 159 g/mol. The molecule has 0 aliphatic heterocycles. The quantitative estimate of drug-likeness (QED) is 0.606. The third-order valence-electron chi connectivity index (χ3n) is 2.44. The fourth-order valence-electron chi connectivity index (χ4n) is 1.28. The summed E-state index contributed by atoms with van der Waals surface area (Å²) in [7, 11) is 3.92. The lowest BCUT2D eigenvalue weighted by Gasteiger charge is -2.29. The summed E-state index contributed by atoms with van der Waals surface area (Å²) in [5, 5.41) is 0. The van der Waals surface area contributed by atoms with Crippen LogP contribution in [0, 0.1) is 0 Å². The first-order valence-electron chi connectivity index (χ1n) is 4.40. The fraction of sp³-hybridized carbons (Fsp3) is 1.00. The van der Waals surface area contributed by atoms with Gasteiger partial charge in [0.05, 0.1) is 6.10 Å². The number of likely N-dealkylation sites (N-methyl/N-ethyl adjacent to an activating group) is 1. The Morgan fingerprint density at radius 3 is 2.18 bits per heavy atom. The molecule has 68 valence electrons. The van der Waals surface area contributed by atoms with Gasteiger partial charge in [0.25, 0.3) is 0 Å². The monoisotopic (exact) mass is 159 g/mol. The van der Waals surface area contributed by atoms with Crippen molar-refractivity contribution in [2.45, 2.75) is 39.3 Å². The van der Waals surface area contributed by atoms with Gasteiger partial charge in [0.1, 0.15) is 0 Å². The first kappa shape index (κ1) is 10.9. The average Bonchev–Trinajstić information content (AvgIpc) is 2.05. The van der Waals surface area contributed by atoms with Crippen LogP contribution < -0.4 is 0 Å². The summed E-state index contributed by atoms with van der Waals surface area (Å²) in [6.07, 6.45) is 1.46. The predicted molar refractivity (Wildman–Crippen MR) is 48.9 cm³/mol. The van der Waals surface area contributed by atoms with E-state index in [0.717, 1.165) is 13.0 Å². The van der Waals surface area contributed by atoms with E-state index < -0.39 is 0 Å². The molecular formula is C9H21NO. The number of hydrogen-bond donors (Lipinski definition) is 0. The summed E-state index contributed by atoms with van der Waals surface area (Å²) >= 11 is 0. The maximum absolute atomic E-state index is 5.34. The second-order valence-corrected chi connectivity index (χ2v) is 3.00. The van der Waals surface area contributed by atoms with Gasteiger partial charge in [0.15, 0.2) is 0 Å². The Bertz CT molecular complexity index is 91.6. The lowest BCUT2D eigenvalue weighted by atomic mass is 10.1. The minimum Gasteiger partial charge on any atom is -0.380 e. The molecule has 0 aliphatic carbocycles. The van der Waals surface area contributed by atoms with E-state index in [0.29, 0.717) is 12.1 Å². The maximum atomic E-state index is 5.34. The van der Waals surface area contributed by atoms with Crippen LogP contribution in [0.15, 0.2) is 0 Å². The summed E-state index contributed by atoms with van der Waals surface area (Å²) in [5.74, 6) is 0. The number of ether oxygens (including phenoxy) is 1. The van der Waals surface area contributed by atoms with Gasteiger partial charge >= 0.3 is 0 Å². The third kappa shape index (κ3) is 3.21. The minimum atomic E-state index is 0.375. The molecular weight excluding hydrogens is 138 g/mol. The van der Waals surface area contributed by atoms with Gasteiger partial charge in [0.2, 0.25) is 0 Å². The molecule has 0 saturated heterocycles. The van der Waals surface area contributed by atoms with Crippen LogP contribution in [0.4, 0.5) is 0 Å². The zero-order chi connectivity index (χ0) is 8.85. The van der Waals surface area contributed by atoms with Crippen LogP contribution in [-0.2, 0) is 4.74 Å². The van der Waals surface area contributed by atoms with Crippen molar-refractivity contribution in [3.63, 3.8) is 0 Å². The first-order valence-corrected chi connectivity index (χ1v) is 4.40.